The lowest BCUT2D eigenvalue weighted by molar-refractivity contribution is -0.131. The number of morpholine rings is 1. The number of nitrogens with one attached hydrogen (secondary N) is 2. The molecule has 2 aliphatic rings. The monoisotopic (exact) mass is 478 g/mol. The van der Waals surface area contributed by atoms with Gasteiger partial charge in [0.15, 0.2) is 0 Å². The number of imide groups is 1. The van der Waals surface area contributed by atoms with Crippen LogP contribution in [0, 0.1) is 5.82 Å². The Morgan fingerprint density at radius 1 is 1.14 bits per heavy atom. The van der Waals surface area contributed by atoms with Crippen LogP contribution in [0.1, 0.15) is 40.4 Å². The van der Waals surface area contributed by atoms with E-state index in [2.05, 4.69) is 27.7 Å². The van der Waals surface area contributed by atoms with Gasteiger partial charge in [0, 0.05) is 56.0 Å². The van der Waals surface area contributed by atoms with E-state index in [4.69, 9.17) is 12.6 Å². The summed E-state index contributed by atoms with van der Waals surface area (Å²) >= 11 is 0. The highest BCUT2D eigenvalue weighted by Gasteiger charge is 2.35. The summed E-state index contributed by atoms with van der Waals surface area (Å²) in [4.78, 5) is 40.1. The molecule has 2 N–H and O–H groups in total. The summed E-state index contributed by atoms with van der Waals surface area (Å²) in [5.74, 6) is -3.74. The molecule has 2 aromatic carbocycles. The van der Waals surface area contributed by atoms with Gasteiger partial charge in [-0.3, -0.25) is 24.6 Å². The predicted molar refractivity (Wildman–Crippen MR) is 129 cm³/mol. The molecule has 0 aliphatic carbocycles. The second-order valence-electron chi connectivity index (χ2n) is 8.68. The molecule has 3 amide bonds. The lowest BCUT2D eigenvalue weighted by atomic mass is 9.93. The lowest BCUT2D eigenvalue weighted by Crippen LogP contribution is -2.49. The van der Waals surface area contributed by atoms with Crippen molar-refractivity contribution < 1.29 is 23.5 Å². The van der Waals surface area contributed by atoms with Gasteiger partial charge in [-0.05, 0) is 23.3 Å². The molecule has 0 saturated carbocycles. The fourth-order valence-electron chi connectivity index (χ4n) is 4.20. The summed E-state index contributed by atoms with van der Waals surface area (Å²) in [5, 5.41) is 5.37. The quantitative estimate of drug-likeness (QED) is 0.563. The Kier molecular flexibility index (Phi) is 7.82. The van der Waals surface area contributed by atoms with Gasteiger partial charge in [-0.25, -0.2) is 4.39 Å². The van der Waals surface area contributed by atoms with Crippen LogP contribution in [0.2, 0.25) is 0 Å². The fraction of sp³-hybridized carbons (Fsp3) is 0.400. The first kappa shape index (κ1) is 24.9. The van der Waals surface area contributed by atoms with Crippen LogP contribution >= 0.6 is 0 Å². The molecule has 0 aromatic heterocycles. The molecule has 2 radical (unpaired) electrons. The standard InChI is InChI=1S/C25H28BFN4O4/c1-2-22(32)29-24(33)23(26)31-15-20-19(25(31)34)11-18(27)12-21(20)28-13-16-3-5-17(6-4-16)14-30-7-9-35-10-8-30/h3-6,11-12,23,28H,2,7-10,13-15H2,1H3,(H,29,32,33). The van der Waals surface area contributed by atoms with Crippen LogP contribution in [0.3, 0.4) is 0 Å². The molecule has 2 heterocycles. The summed E-state index contributed by atoms with van der Waals surface area (Å²) in [6, 6.07) is 10.7. The lowest BCUT2D eigenvalue weighted by Gasteiger charge is -2.26. The first-order valence-electron chi connectivity index (χ1n) is 11.7. The summed E-state index contributed by atoms with van der Waals surface area (Å²) in [6.07, 6.45) is 0.111. The van der Waals surface area contributed by atoms with Crippen molar-refractivity contribution in [2.24, 2.45) is 0 Å². The van der Waals surface area contributed by atoms with Gasteiger partial charge in [0.1, 0.15) is 13.7 Å². The van der Waals surface area contributed by atoms with E-state index >= 15 is 0 Å². The van der Waals surface area contributed by atoms with Crippen LogP contribution in [0.5, 0.6) is 0 Å². The Labute approximate surface area is 205 Å². The Balaban J connectivity index is 1.42. The number of fused-ring (bicyclic) bond motifs is 1. The maximum absolute atomic E-state index is 14.3. The number of carbonyl (C=O) groups is 3. The van der Waals surface area contributed by atoms with Gasteiger partial charge in [-0.2, -0.15) is 0 Å². The van der Waals surface area contributed by atoms with Crippen LogP contribution in [-0.4, -0.2) is 67.6 Å². The van der Waals surface area contributed by atoms with E-state index in [1.54, 1.807) is 6.92 Å². The van der Waals surface area contributed by atoms with Gasteiger partial charge in [0.2, 0.25) is 11.8 Å². The number of nitrogens with zero attached hydrogens (tertiary/aromatic N) is 2. The molecule has 1 fully saturated rings. The molecular weight excluding hydrogens is 450 g/mol. The van der Waals surface area contributed by atoms with Gasteiger partial charge in [-0.15, -0.1) is 0 Å². The van der Waals surface area contributed by atoms with Crippen molar-refractivity contribution >= 4 is 31.3 Å². The maximum atomic E-state index is 14.3. The Hall–Kier alpha value is -3.24. The van der Waals surface area contributed by atoms with Gasteiger partial charge >= 0.3 is 0 Å². The largest absolute Gasteiger partial charge is 0.381 e. The van der Waals surface area contributed by atoms with Crippen molar-refractivity contribution in [2.75, 3.05) is 31.6 Å². The minimum absolute atomic E-state index is 0.0319. The third-order valence-electron chi connectivity index (χ3n) is 6.24. The summed E-state index contributed by atoms with van der Waals surface area (Å²) in [5.41, 5.74) is 3.38. The molecule has 0 bridgehead atoms. The molecule has 182 valence electrons. The third-order valence-corrected chi connectivity index (χ3v) is 6.24. The van der Waals surface area contributed by atoms with E-state index in [9.17, 15) is 18.8 Å². The van der Waals surface area contributed by atoms with Crippen molar-refractivity contribution in [1.29, 1.82) is 0 Å². The number of hydrogen-bond acceptors (Lipinski definition) is 6. The molecule has 0 spiro atoms. The average molecular weight is 478 g/mol. The molecule has 35 heavy (non-hydrogen) atoms. The highest BCUT2D eigenvalue weighted by Crippen LogP contribution is 2.32. The minimum Gasteiger partial charge on any atom is -0.381 e. The maximum Gasteiger partial charge on any atom is 0.254 e. The van der Waals surface area contributed by atoms with Crippen molar-refractivity contribution in [1.82, 2.24) is 15.1 Å². The van der Waals surface area contributed by atoms with Crippen molar-refractivity contribution in [3.05, 3.63) is 64.5 Å². The number of anilines is 1. The summed E-state index contributed by atoms with van der Waals surface area (Å²) in [7, 11) is 5.95. The van der Waals surface area contributed by atoms with Gasteiger partial charge in [0.25, 0.3) is 5.91 Å². The zero-order valence-corrected chi connectivity index (χ0v) is 19.7. The van der Waals surface area contributed by atoms with E-state index in [0.717, 1.165) is 49.4 Å². The summed E-state index contributed by atoms with van der Waals surface area (Å²) < 4.78 is 19.7. The molecule has 1 atom stereocenters. The van der Waals surface area contributed by atoms with Crippen molar-refractivity contribution in [3.63, 3.8) is 0 Å². The number of halogens is 1. The van der Waals surface area contributed by atoms with Gasteiger partial charge < -0.3 is 15.0 Å². The van der Waals surface area contributed by atoms with E-state index in [0.29, 0.717) is 17.8 Å². The second-order valence-corrected chi connectivity index (χ2v) is 8.68. The zero-order chi connectivity index (χ0) is 24.9. The number of amides is 3. The van der Waals surface area contributed by atoms with E-state index in [1.807, 2.05) is 12.1 Å². The van der Waals surface area contributed by atoms with Gasteiger partial charge in [-0.1, -0.05) is 31.2 Å². The molecule has 10 heteroatoms. The number of carbonyl (C=O) groups excluding carboxylic acids is 3. The predicted octanol–water partition coefficient (Wildman–Crippen LogP) is 1.77. The highest BCUT2D eigenvalue weighted by atomic mass is 19.1. The highest BCUT2D eigenvalue weighted by molar-refractivity contribution is 6.27. The Morgan fingerprint density at radius 3 is 2.51 bits per heavy atom. The summed E-state index contributed by atoms with van der Waals surface area (Å²) in [6.45, 7) is 6.28. The SMILES string of the molecule is [B]C(C(=O)NC(=O)CC)N1Cc2c(NCc3ccc(CN4CCOCC4)cc3)cc(F)cc2C1=O. The number of hydrogen-bond donors (Lipinski definition) is 2. The molecule has 2 aromatic rings. The van der Waals surface area contributed by atoms with Gasteiger partial charge in [0.05, 0.1) is 19.2 Å². The van der Waals surface area contributed by atoms with Crippen LogP contribution in [-0.2, 0) is 34.0 Å². The topological polar surface area (TPSA) is 91.0 Å². The van der Waals surface area contributed by atoms with E-state index in [1.165, 1.54) is 11.6 Å². The Bertz CT molecular complexity index is 1110. The molecule has 1 unspecified atom stereocenters. The van der Waals surface area contributed by atoms with Crippen LogP contribution in [0.25, 0.3) is 0 Å². The number of benzene rings is 2. The van der Waals surface area contributed by atoms with Crippen LogP contribution in [0.4, 0.5) is 10.1 Å². The average Bonchev–Trinajstić information content (AvgIpc) is 3.19. The normalized spacial score (nSPS) is 16.6. The molecule has 1 saturated heterocycles. The molecule has 2 aliphatic heterocycles. The van der Waals surface area contributed by atoms with Crippen molar-refractivity contribution in [3.8, 4) is 0 Å². The Morgan fingerprint density at radius 2 is 1.83 bits per heavy atom. The van der Waals surface area contributed by atoms with E-state index in [-0.39, 0.29) is 18.5 Å². The number of ether oxygens (including phenoxy) is 1. The molecule has 8 nitrogen and oxygen atoms in total. The van der Waals surface area contributed by atoms with Crippen molar-refractivity contribution in [2.45, 2.75) is 38.9 Å². The van der Waals surface area contributed by atoms with E-state index < -0.39 is 29.5 Å². The first-order chi connectivity index (χ1) is 16.9. The third kappa shape index (κ3) is 5.89. The smallest absolute Gasteiger partial charge is 0.254 e. The first-order valence-corrected chi connectivity index (χ1v) is 11.7. The molecular formula is C25H28BFN4O4. The second kappa shape index (κ2) is 11.0. The molecule has 4 rings (SSSR count). The minimum atomic E-state index is -1.36. The fourth-order valence-corrected chi connectivity index (χ4v) is 4.20. The number of rotatable bonds is 8. The zero-order valence-electron chi connectivity index (χ0n) is 19.7. The van der Waals surface area contributed by atoms with Crippen LogP contribution in [0.15, 0.2) is 36.4 Å². The van der Waals surface area contributed by atoms with Crippen LogP contribution < -0.4 is 10.6 Å².